The summed E-state index contributed by atoms with van der Waals surface area (Å²) in [6, 6.07) is 16.2. The van der Waals surface area contributed by atoms with Gasteiger partial charge in [0.2, 0.25) is 11.1 Å². The van der Waals surface area contributed by atoms with E-state index in [0.717, 1.165) is 51.4 Å². The third-order valence-electron chi connectivity index (χ3n) is 5.84. The van der Waals surface area contributed by atoms with Crippen molar-refractivity contribution in [3.63, 3.8) is 0 Å². The van der Waals surface area contributed by atoms with Crippen molar-refractivity contribution in [2.45, 2.75) is 39.4 Å². The lowest BCUT2D eigenvalue weighted by molar-refractivity contribution is -0.113. The van der Waals surface area contributed by atoms with Gasteiger partial charge in [0.1, 0.15) is 5.52 Å². The minimum Gasteiger partial charge on any atom is -0.324 e. The van der Waals surface area contributed by atoms with Crippen molar-refractivity contribution in [3.8, 4) is 5.69 Å². The molecule has 9 heteroatoms. The van der Waals surface area contributed by atoms with E-state index in [1.807, 2.05) is 67.9 Å². The highest BCUT2D eigenvalue weighted by Gasteiger charge is 2.17. The van der Waals surface area contributed by atoms with Crippen LogP contribution >= 0.6 is 11.8 Å². The Morgan fingerprint density at radius 3 is 2.56 bits per heavy atom. The number of nitrogens with one attached hydrogen (secondary N) is 1. The van der Waals surface area contributed by atoms with E-state index < -0.39 is 0 Å². The number of benzene rings is 2. The number of amides is 1. The first-order valence-electron chi connectivity index (χ1n) is 11.1. The van der Waals surface area contributed by atoms with Crippen LogP contribution in [0.25, 0.3) is 27.8 Å². The second kappa shape index (κ2) is 8.90. The van der Waals surface area contributed by atoms with Crippen molar-refractivity contribution in [3.05, 3.63) is 65.5 Å². The summed E-state index contributed by atoms with van der Waals surface area (Å²) in [6.07, 6.45) is 0. The van der Waals surface area contributed by atoms with Crippen LogP contribution in [-0.2, 0) is 11.3 Å². The van der Waals surface area contributed by atoms with Gasteiger partial charge < -0.3 is 9.88 Å². The number of nitrogens with zero attached hydrogens (tertiary/aromatic N) is 6. The summed E-state index contributed by atoms with van der Waals surface area (Å²) in [6.45, 7) is 8.75. The van der Waals surface area contributed by atoms with E-state index >= 15 is 0 Å². The van der Waals surface area contributed by atoms with Gasteiger partial charge in [-0.15, -0.1) is 10.2 Å². The van der Waals surface area contributed by atoms with Gasteiger partial charge in [-0.25, -0.2) is 9.67 Å². The first-order chi connectivity index (χ1) is 16.5. The standard InChI is InChI=1S/C25H25N7OS/c1-5-31-20-9-7-6-8-19(20)23-24(31)27-25(29-28-23)34-14-21(33)26-22-16(3)30-32(17(22)4)18-12-10-15(2)11-13-18/h6-13H,5,14H2,1-4H3,(H,26,33). The molecule has 0 radical (unpaired) electrons. The predicted molar refractivity (Wildman–Crippen MR) is 136 cm³/mol. The summed E-state index contributed by atoms with van der Waals surface area (Å²) < 4.78 is 3.97. The molecule has 0 saturated heterocycles. The van der Waals surface area contributed by atoms with Gasteiger partial charge in [-0.05, 0) is 45.9 Å². The van der Waals surface area contributed by atoms with Crippen molar-refractivity contribution < 1.29 is 4.79 Å². The zero-order chi connectivity index (χ0) is 23.8. The molecule has 172 valence electrons. The maximum absolute atomic E-state index is 12.8. The van der Waals surface area contributed by atoms with E-state index in [1.165, 1.54) is 17.3 Å². The fourth-order valence-corrected chi connectivity index (χ4v) is 4.72. The number of para-hydroxylation sites is 1. The zero-order valence-electron chi connectivity index (χ0n) is 19.5. The number of thioether (sulfide) groups is 1. The normalized spacial score (nSPS) is 11.4. The molecule has 0 fully saturated rings. The zero-order valence-corrected chi connectivity index (χ0v) is 20.3. The average molecular weight is 472 g/mol. The molecule has 3 aromatic heterocycles. The van der Waals surface area contributed by atoms with Crippen molar-refractivity contribution >= 4 is 45.4 Å². The molecule has 0 atom stereocenters. The van der Waals surface area contributed by atoms with Gasteiger partial charge >= 0.3 is 0 Å². The van der Waals surface area contributed by atoms with Crippen LogP contribution in [0, 0.1) is 20.8 Å². The molecule has 0 spiro atoms. The quantitative estimate of drug-likeness (QED) is 0.356. The fourth-order valence-electron chi connectivity index (χ4n) is 4.14. The Labute approximate surface area is 201 Å². The lowest BCUT2D eigenvalue weighted by Crippen LogP contribution is -2.15. The lowest BCUT2D eigenvalue weighted by Gasteiger charge is -2.07. The number of aryl methyl sites for hydroxylation is 3. The maximum Gasteiger partial charge on any atom is 0.234 e. The molecule has 1 amide bonds. The molecule has 5 rings (SSSR count). The Morgan fingerprint density at radius 2 is 1.79 bits per heavy atom. The van der Waals surface area contributed by atoms with Gasteiger partial charge in [0, 0.05) is 11.9 Å². The second-order valence-electron chi connectivity index (χ2n) is 8.16. The van der Waals surface area contributed by atoms with Gasteiger partial charge in [0.05, 0.1) is 34.0 Å². The van der Waals surface area contributed by atoms with Gasteiger partial charge in [-0.3, -0.25) is 4.79 Å². The minimum absolute atomic E-state index is 0.139. The Balaban J connectivity index is 1.33. The topological polar surface area (TPSA) is 90.5 Å². The number of hydrogen-bond donors (Lipinski definition) is 1. The number of fused-ring (bicyclic) bond motifs is 3. The molecule has 0 aliphatic rings. The molecular weight excluding hydrogens is 446 g/mol. The van der Waals surface area contributed by atoms with Crippen molar-refractivity contribution in [2.24, 2.45) is 0 Å². The molecule has 34 heavy (non-hydrogen) atoms. The summed E-state index contributed by atoms with van der Waals surface area (Å²) in [7, 11) is 0. The van der Waals surface area contributed by atoms with E-state index in [0.29, 0.717) is 5.16 Å². The Kier molecular flexibility index (Phi) is 5.79. The molecular formula is C25H25N7OS. The lowest BCUT2D eigenvalue weighted by atomic mass is 10.2. The molecule has 0 aliphatic carbocycles. The first-order valence-corrected chi connectivity index (χ1v) is 12.1. The summed E-state index contributed by atoms with van der Waals surface area (Å²) in [4.78, 5) is 17.5. The van der Waals surface area contributed by atoms with Crippen LogP contribution in [0.1, 0.15) is 23.9 Å². The molecule has 5 aromatic rings. The van der Waals surface area contributed by atoms with E-state index in [4.69, 9.17) is 4.98 Å². The number of anilines is 1. The maximum atomic E-state index is 12.8. The monoisotopic (exact) mass is 471 g/mol. The highest BCUT2D eigenvalue weighted by Crippen LogP contribution is 2.27. The van der Waals surface area contributed by atoms with E-state index in [1.54, 1.807) is 0 Å². The van der Waals surface area contributed by atoms with Crippen molar-refractivity contribution in [2.75, 3.05) is 11.1 Å². The van der Waals surface area contributed by atoms with Gasteiger partial charge in [0.15, 0.2) is 5.65 Å². The highest BCUT2D eigenvalue weighted by molar-refractivity contribution is 7.99. The highest BCUT2D eigenvalue weighted by atomic mass is 32.2. The van der Waals surface area contributed by atoms with E-state index in [9.17, 15) is 4.79 Å². The van der Waals surface area contributed by atoms with Crippen LogP contribution in [0.4, 0.5) is 5.69 Å². The van der Waals surface area contributed by atoms with Crippen LogP contribution in [-0.4, -0.2) is 41.2 Å². The molecule has 0 bridgehead atoms. The van der Waals surface area contributed by atoms with E-state index in [-0.39, 0.29) is 11.7 Å². The number of rotatable bonds is 6. The predicted octanol–water partition coefficient (Wildman–Crippen LogP) is 4.84. The SMILES string of the molecule is CCn1c2ccccc2c2nnc(SCC(=O)Nc3c(C)nn(-c4ccc(C)cc4)c3C)nc21. The Hall–Kier alpha value is -3.72. The van der Waals surface area contributed by atoms with E-state index in [2.05, 4.69) is 38.2 Å². The van der Waals surface area contributed by atoms with Gasteiger partial charge in [-0.1, -0.05) is 47.7 Å². The Bertz CT molecular complexity index is 1520. The minimum atomic E-state index is -0.139. The molecule has 2 aromatic carbocycles. The molecule has 0 unspecified atom stereocenters. The van der Waals surface area contributed by atoms with Gasteiger partial charge in [-0.2, -0.15) is 5.10 Å². The van der Waals surface area contributed by atoms with Crippen LogP contribution in [0.2, 0.25) is 0 Å². The van der Waals surface area contributed by atoms with Crippen LogP contribution in [0.3, 0.4) is 0 Å². The Morgan fingerprint density at radius 1 is 1.03 bits per heavy atom. The van der Waals surface area contributed by atoms with Crippen LogP contribution < -0.4 is 5.32 Å². The summed E-state index contributed by atoms with van der Waals surface area (Å²) in [5, 5.41) is 17.8. The molecule has 3 heterocycles. The number of carbonyl (C=O) groups excluding carboxylic acids is 1. The van der Waals surface area contributed by atoms with Crippen LogP contribution in [0.15, 0.2) is 53.7 Å². The largest absolute Gasteiger partial charge is 0.324 e. The van der Waals surface area contributed by atoms with Crippen molar-refractivity contribution in [1.29, 1.82) is 0 Å². The number of hydrogen-bond acceptors (Lipinski definition) is 6. The number of carbonyl (C=O) groups is 1. The van der Waals surface area contributed by atoms with Crippen molar-refractivity contribution in [1.82, 2.24) is 29.5 Å². The third-order valence-corrected chi connectivity index (χ3v) is 6.68. The van der Waals surface area contributed by atoms with Crippen LogP contribution in [0.5, 0.6) is 0 Å². The summed E-state index contributed by atoms with van der Waals surface area (Å²) >= 11 is 1.27. The average Bonchev–Trinajstić information content (AvgIpc) is 3.31. The molecule has 1 N–H and O–H groups in total. The number of aromatic nitrogens is 6. The van der Waals surface area contributed by atoms with Gasteiger partial charge in [0.25, 0.3) is 0 Å². The smallest absolute Gasteiger partial charge is 0.234 e. The summed E-state index contributed by atoms with van der Waals surface area (Å²) in [5.74, 6) is 0.0353. The first kappa shape index (κ1) is 22.1. The molecule has 0 saturated carbocycles. The molecule has 8 nitrogen and oxygen atoms in total. The molecule has 0 aliphatic heterocycles. The fraction of sp³-hybridized carbons (Fsp3) is 0.240. The summed E-state index contributed by atoms with van der Waals surface area (Å²) in [5.41, 5.74) is 7.17. The second-order valence-corrected chi connectivity index (χ2v) is 9.10. The third kappa shape index (κ3) is 3.92.